The molecule has 0 aromatic heterocycles. The number of rotatable bonds is 5. The Kier molecular flexibility index (Phi) is 3.87. The lowest BCUT2D eigenvalue weighted by Gasteiger charge is -2.16. The van der Waals surface area contributed by atoms with Crippen LogP contribution in [-0.4, -0.2) is 48.4 Å². The lowest BCUT2D eigenvalue weighted by atomic mass is 10.2. The van der Waals surface area contributed by atoms with Gasteiger partial charge in [0.15, 0.2) is 0 Å². The van der Waals surface area contributed by atoms with Gasteiger partial charge >= 0.3 is 5.97 Å². The van der Waals surface area contributed by atoms with Crippen molar-refractivity contribution >= 4 is 17.8 Å². The van der Waals surface area contributed by atoms with E-state index < -0.39 is 17.8 Å². The SMILES string of the molecule is CNC(=O)CCN(C)C(=O)[C@@H]1C[C@@H]1C(=O)O. The standard InChI is InChI=1S/C10H16N2O4/c1-11-8(13)3-4-12(2)9(14)6-5-7(6)10(15)16/h6-7H,3-5H2,1-2H3,(H,11,13)(H,15,16)/t6-,7+/m1/s1. The third kappa shape index (κ3) is 2.95. The number of nitrogens with zero attached hydrogens (tertiary/aromatic N) is 1. The van der Waals surface area contributed by atoms with Gasteiger partial charge in [-0.15, -0.1) is 0 Å². The largest absolute Gasteiger partial charge is 0.481 e. The summed E-state index contributed by atoms with van der Waals surface area (Å²) in [6.45, 7) is 0.321. The molecule has 90 valence electrons. The second-order valence-corrected chi connectivity index (χ2v) is 3.97. The lowest BCUT2D eigenvalue weighted by Crippen LogP contribution is -2.33. The summed E-state index contributed by atoms with van der Waals surface area (Å²) in [5.41, 5.74) is 0. The average Bonchev–Trinajstić information content (AvgIpc) is 3.04. The number of aliphatic carboxylic acids is 1. The molecule has 0 spiro atoms. The highest BCUT2D eigenvalue weighted by atomic mass is 16.4. The van der Waals surface area contributed by atoms with Crippen molar-refractivity contribution in [2.45, 2.75) is 12.8 Å². The molecule has 0 saturated heterocycles. The molecule has 1 aliphatic carbocycles. The summed E-state index contributed by atoms with van der Waals surface area (Å²) in [5, 5.41) is 11.1. The Morgan fingerprint density at radius 2 is 2.00 bits per heavy atom. The molecule has 0 radical (unpaired) electrons. The van der Waals surface area contributed by atoms with Crippen LogP contribution in [0.15, 0.2) is 0 Å². The van der Waals surface area contributed by atoms with E-state index >= 15 is 0 Å². The van der Waals surface area contributed by atoms with Gasteiger partial charge in [-0.05, 0) is 6.42 Å². The van der Waals surface area contributed by atoms with Gasteiger partial charge in [0.05, 0.1) is 11.8 Å². The molecule has 1 aliphatic rings. The highest BCUT2D eigenvalue weighted by Gasteiger charge is 2.49. The molecule has 1 saturated carbocycles. The summed E-state index contributed by atoms with van der Waals surface area (Å²) in [6.07, 6.45) is 0.654. The van der Waals surface area contributed by atoms with Gasteiger partial charge in [-0.25, -0.2) is 0 Å². The highest BCUT2D eigenvalue weighted by Crippen LogP contribution is 2.39. The predicted octanol–water partition coefficient (Wildman–Crippen LogP) is -0.698. The lowest BCUT2D eigenvalue weighted by molar-refractivity contribution is -0.141. The molecule has 0 aromatic carbocycles. The zero-order valence-electron chi connectivity index (χ0n) is 9.40. The molecular weight excluding hydrogens is 212 g/mol. The number of carboxylic acid groups (broad SMARTS) is 1. The second kappa shape index (κ2) is 4.96. The van der Waals surface area contributed by atoms with E-state index in [-0.39, 0.29) is 18.2 Å². The second-order valence-electron chi connectivity index (χ2n) is 3.97. The maximum absolute atomic E-state index is 11.7. The van der Waals surface area contributed by atoms with E-state index in [0.29, 0.717) is 13.0 Å². The third-order valence-electron chi connectivity index (χ3n) is 2.75. The Bertz CT molecular complexity index is 316. The van der Waals surface area contributed by atoms with Crippen LogP contribution in [0.1, 0.15) is 12.8 Å². The topological polar surface area (TPSA) is 86.7 Å². The Labute approximate surface area is 93.6 Å². The van der Waals surface area contributed by atoms with Crippen molar-refractivity contribution in [3.63, 3.8) is 0 Å². The maximum atomic E-state index is 11.7. The molecule has 2 amide bonds. The van der Waals surface area contributed by atoms with Crippen molar-refractivity contribution in [1.29, 1.82) is 0 Å². The van der Waals surface area contributed by atoms with E-state index in [0.717, 1.165) is 0 Å². The Morgan fingerprint density at radius 3 is 2.44 bits per heavy atom. The minimum Gasteiger partial charge on any atom is -0.481 e. The van der Waals surface area contributed by atoms with Crippen LogP contribution in [0.4, 0.5) is 0 Å². The van der Waals surface area contributed by atoms with Gasteiger partial charge in [0.1, 0.15) is 0 Å². The third-order valence-corrected chi connectivity index (χ3v) is 2.75. The first-order valence-electron chi connectivity index (χ1n) is 5.15. The molecule has 6 heteroatoms. The average molecular weight is 228 g/mol. The summed E-state index contributed by atoms with van der Waals surface area (Å²) in [7, 11) is 3.12. The summed E-state index contributed by atoms with van der Waals surface area (Å²) in [4.78, 5) is 34.6. The maximum Gasteiger partial charge on any atom is 0.307 e. The molecule has 2 atom stereocenters. The van der Waals surface area contributed by atoms with Gasteiger partial charge in [-0.2, -0.15) is 0 Å². The first kappa shape index (κ1) is 12.5. The van der Waals surface area contributed by atoms with Crippen LogP contribution in [0, 0.1) is 11.8 Å². The number of carbonyl (C=O) groups is 3. The number of carbonyl (C=O) groups excluding carboxylic acids is 2. The van der Waals surface area contributed by atoms with E-state index in [1.54, 1.807) is 7.05 Å². The Morgan fingerprint density at radius 1 is 1.38 bits per heavy atom. The molecule has 1 rings (SSSR count). The Balaban J connectivity index is 2.33. The minimum absolute atomic E-state index is 0.134. The predicted molar refractivity (Wildman–Crippen MR) is 55.6 cm³/mol. The molecule has 0 heterocycles. The van der Waals surface area contributed by atoms with E-state index in [1.807, 2.05) is 0 Å². The monoisotopic (exact) mass is 228 g/mol. The molecule has 0 aromatic rings. The normalized spacial score (nSPS) is 22.4. The van der Waals surface area contributed by atoms with Crippen molar-refractivity contribution in [1.82, 2.24) is 10.2 Å². The zero-order valence-corrected chi connectivity index (χ0v) is 9.40. The Hall–Kier alpha value is -1.59. The van der Waals surface area contributed by atoms with E-state index in [1.165, 1.54) is 11.9 Å². The summed E-state index contributed by atoms with van der Waals surface area (Å²) >= 11 is 0. The molecular formula is C10H16N2O4. The smallest absolute Gasteiger partial charge is 0.307 e. The molecule has 0 bridgehead atoms. The summed E-state index contributed by atoms with van der Waals surface area (Å²) in [5.74, 6) is -2.17. The molecule has 16 heavy (non-hydrogen) atoms. The van der Waals surface area contributed by atoms with Crippen molar-refractivity contribution in [3.8, 4) is 0 Å². The number of carboxylic acids is 1. The first-order valence-corrected chi connectivity index (χ1v) is 5.15. The van der Waals surface area contributed by atoms with E-state index in [9.17, 15) is 14.4 Å². The van der Waals surface area contributed by atoms with Gasteiger partial charge in [0.2, 0.25) is 11.8 Å². The van der Waals surface area contributed by atoms with Gasteiger partial charge in [0, 0.05) is 27.1 Å². The van der Waals surface area contributed by atoms with E-state index in [2.05, 4.69) is 5.32 Å². The summed E-state index contributed by atoms with van der Waals surface area (Å²) < 4.78 is 0. The highest BCUT2D eigenvalue weighted by molar-refractivity contribution is 5.89. The number of nitrogens with one attached hydrogen (secondary N) is 1. The fourth-order valence-electron chi connectivity index (χ4n) is 1.53. The van der Waals surface area contributed by atoms with Crippen LogP contribution in [0.5, 0.6) is 0 Å². The van der Waals surface area contributed by atoms with Crippen molar-refractivity contribution in [2.75, 3.05) is 20.6 Å². The molecule has 0 unspecified atom stereocenters. The van der Waals surface area contributed by atoms with Crippen molar-refractivity contribution in [2.24, 2.45) is 11.8 Å². The van der Waals surface area contributed by atoms with Crippen LogP contribution in [0.25, 0.3) is 0 Å². The molecule has 0 aliphatic heterocycles. The van der Waals surface area contributed by atoms with Crippen molar-refractivity contribution < 1.29 is 19.5 Å². The van der Waals surface area contributed by atoms with Gasteiger partial charge < -0.3 is 15.3 Å². The van der Waals surface area contributed by atoms with Crippen LogP contribution >= 0.6 is 0 Å². The summed E-state index contributed by atoms with van der Waals surface area (Å²) in [6, 6.07) is 0. The van der Waals surface area contributed by atoms with Crippen LogP contribution in [0.3, 0.4) is 0 Å². The molecule has 6 nitrogen and oxygen atoms in total. The fraction of sp³-hybridized carbons (Fsp3) is 0.700. The van der Waals surface area contributed by atoms with Crippen LogP contribution < -0.4 is 5.32 Å². The number of hydrogen-bond acceptors (Lipinski definition) is 3. The fourth-order valence-corrected chi connectivity index (χ4v) is 1.53. The number of amides is 2. The first-order chi connectivity index (χ1) is 7.47. The molecule has 1 fully saturated rings. The quantitative estimate of drug-likeness (QED) is 0.651. The van der Waals surface area contributed by atoms with E-state index in [4.69, 9.17) is 5.11 Å². The molecule has 2 N–H and O–H groups in total. The van der Waals surface area contributed by atoms with Crippen molar-refractivity contribution in [3.05, 3.63) is 0 Å². The van der Waals surface area contributed by atoms with Crippen LogP contribution in [0.2, 0.25) is 0 Å². The zero-order chi connectivity index (χ0) is 12.3. The number of hydrogen-bond donors (Lipinski definition) is 2. The van der Waals surface area contributed by atoms with Gasteiger partial charge in [-0.3, -0.25) is 14.4 Å². The minimum atomic E-state index is -0.918. The van der Waals surface area contributed by atoms with Crippen LogP contribution in [-0.2, 0) is 14.4 Å². The van der Waals surface area contributed by atoms with Gasteiger partial charge in [-0.1, -0.05) is 0 Å². The van der Waals surface area contributed by atoms with Gasteiger partial charge in [0.25, 0.3) is 0 Å².